The number of aromatic amines is 1. The number of aryl methyl sites for hydroxylation is 1. The quantitative estimate of drug-likeness (QED) is 0.596. The number of hydrogen-bond acceptors (Lipinski definition) is 5. The van der Waals surface area contributed by atoms with Crippen molar-refractivity contribution in [1.82, 2.24) is 15.0 Å². The summed E-state index contributed by atoms with van der Waals surface area (Å²) in [4.78, 5) is 24.4. The van der Waals surface area contributed by atoms with Gasteiger partial charge in [-0.2, -0.15) is 0 Å². The topological polar surface area (TPSA) is 79.9 Å². The molecule has 2 aromatic heterocycles. The van der Waals surface area contributed by atoms with Crippen LogP contribution >= 0.6 is 11.3 Å². The Morgan fingerprint density at radius 1 is 1.17 bits per heavy atom. The molecule has 0 unspecified atom stereocenters. The summed E-state index contributed by atoms with van der Waals surface area (Å²) in [6.45, 7) is 1.88. The van der Waals surface area contributed by atoms with Gasteiger partial charge in [0.2, 0.25) is 0 Å². The third-order valence-electron chi connectivity index (χ3n) is 3.68. The molecule has 0 aliphatic rings. The Balaban J connectivity index is 1.62. The lowest BCUT2D eigenvalue weighted by Crippen LogP contribution is -2.11. The first-order chi connectivity index (χ1) is 11.6. The number of thiazole rings is 1. The lowest BCUT2D eigenvalue weighted by atomic mass is 10.2. The van der Waals surface area contributed by atoms with Crippen molar-refractivity contribution in [2.75, 3.05) is 12.4 Å². The van der Waals surface area contributed by atoms with E-state index in [0.717, 1.165) is 32.8 Å². The fraction of sp³-hybridized carbons (Fsp3) is 0.118. The molecule has 24 heavy (non-hydrogen) atoms. The van der Waals surface area contributed by atoms with Gasteiger partial charge in [-0.25, -0.2) is 9.97 Å². The molecule has 0 aliphatic carbocycles. The number of imidazole rings is 1. The SMILES string of the molecule is COc1ccc2nc(NC(=O)c3ccc4nc(C)[nH]c4c3)sc2c1. The number of aromatic nitrogens is 3. The van der Waals surface area contributed by atoms with Crippen molar-refractivity contribution in [2.45, 2.75) is 6.92 Å². The van der Waals surface area contributed by atoms with Crippen LogP contribution in [-0.4, -0.2) is 28.0 Å². The highest BCUT2D eigenvalue weighted by Crippen LogP contribution is 2.29. The number of amides is 1. The Kier molecular flexibility index (Phi) is 3.42. The minimum atomic E-state index is -0.199. The number of benzene rings is 2. The van der Waals surface area contributed by atoms with E-state index in [-0.39, 0.29) is 5.91 Å². The summed E-state index contributed by atoms with van der Waals surface area (Å²) in [6, 6.07) is 11.0. The molecule has 0 saturated heterocycles. The number of carbonyl (C=O) groups is 1. The van der Waals surface area contributed by atoms with Crippen molar-refractivity contribution in [1.29, 1.82) is 0 Å². The molecule has 1 amide bonds. The van der Waals surface area contributed by atoms with Gasteiger partial charge in [0.1, 0.15) is 11.6 Å². The van der Waals surface area contributed by atoms with Gasteiger partial charge in [0.25, 0.3) is 5.91 Å². The van der Waals surface area contributed by atoms with E-state index >= 15 is 0 Å². The predicted octanol–water partition coefficient (Wildman–Crippen LogP) is 3.74. The second-order valence-corrected chi connectivity index (χ2v) is 6.39. The Labute approximate surface area is 141 Å². The Morgan fingerprint density at radius 3 is 2.83 bits per heavy atom. The van der Waals surface area contributed by atoms with E-state index in [1.807, 2.05) is 31.2 Å². The molecule has 0 bridgehead atoms. The summed E-state index contributed by atoms with van der Waals surface area (Å²) >= 11 is 1.41. The highest BCUT2D eigenvalue weighted by molar-refractivity contribution is 7.22. The van der Waals surface area contributed by atoms with Crippen LogP contribution in [0.4, 0.5) is 5.13 Å². The zero-order chi connectivity index (χ0) is 16.7. The average molecular weight is 338 g/mol. The molecule has 2 aromatic carbocycles. The fourth-order valence-corrected chi connectivity index (χ4v) is 3.42. The van der Waals surface area contributed by atoms with E-state index in [9.17, 15) is 4.79 Å². The number of hydrogen-bond donors (Lipinski definition) is 2. The maximum Gasteiger partial charge on any atom is 0.257 e. The van der Waals surface area contributed by atoms with Crippen LogP contribution in [0, 0.1) is 6.92 Å². The molecule has 0 atom stereocenters. The van der Waals surface area contributed by atoms with Crippen molar-refractivity contribution < 1.29 is 9.53 Å². The van der Waals surface area contributed by atoms with Crippen molar-refractivity contribution in [2.24, 2.45) is 0 Å². The predicted molar refractivity (Wildman–Crippen MR) is 95.0 cm³/mol. The third-order valence-corrected chi connectivity index (χ3v) is 4.61. The minimum absolute atomic E-state index is 0.199. The van der Waals surface area contributed by atoms with Gasteiger partial charge >= 0.3 is 0 Å². The summed E-state index contributed by atoms with van der Waals surface area (Å²) in [7, 11) is 1.62. The van der Waals surface area contributed by atoms with Crippen LogP contribution in [0.3, 0.4) is 0 Å². The maximum absolute atomic E-state index is 12.5. The van der Waals surface area contributed by atoms with E-state index in [0.29, 0.717) is 10.7 Å². The molecule has 0 saturated carbocycles. The minimum Gasteiger partial charge on any atom is -0.497 e. The number of ether oxygens (including phenoxy) is 1. The van der Waals surface area contributed by atoms with Gasteiger partial charge in [0.15, 0.2) is 5.13 Å². The zero-order valence-electron chi connectivity index (χ0n) is 13.1. The van der Waals surface area contributed by atoms with E-state index in [4.69, 9.17) is 4.74 Å². The monoisotopic (exact) mass is 338 g/mol. The van der Waals surface area contributed by atoms with Crippen molar-refractivity contribution in [3.05, 3.63) is 47.8 Å². The van der Waals surface area contributed by atoms with Crippen LogP contribution in [0.15, 0.2) is 36.4 Å². The molecule has 0 fully saturated rings. The van der Waals surface area contributed by atoms with Crippen LogP contribution in [0.2, 0.25) is 0 Å². The normalized spacial score (nSPS) is 11.1. The average Bonchev–Trinajstić information content (AvgIpc) is 3.14. The fourth-order valence-electron chi connectivity index (χ4n) is 2.53. The standard InChI is InChI=1S/C17H14N4O2S/c1-9-18-12-5-3-10(7-14(12)19-9)16(22)21-17-20-13-6-4-11(23-2)8-15(13)24-17/h3-8H,1-2H3,(H,18,19)(H,20,21,22). The van der Waals surface area contributed by atoms with Gasteiger partial charge in [-0.05, 0) is 43.3 Å². The second kappa shape index (κ2) is 5.61. The molecule has 7 heteroatoms. The summed E-state index contributed by atoms with van der Waals surface area (Å²) in [5.74, 6) is 1.39. The molecule has 0 spiro atoms. The van der Waals surface area contributed by atoms with E-state index in [1.54, 1.807) is 19.2 Å². The summed E-state index contributed by atoms with van der Waals surface area (Å²) in [5.41, 5.74) is 3.07. The van der Waals surface area contributed by atoms with Crippen LogP contribution in [0.25, 0.3) is 21.3 Å². The number of rotatable bonds is 3. The molecule has 4 aromatic rings. The molecular weight excluding hydrogens is 324 g/mol. The van der Waals surface area contributed by atoms with Crippen molar-refractivity contribution >= 4 is 43.6 Å². The summed E-state index contributed by atoms with van der Waals surface area (Å²) in [6.07, 6.45) is 0. The lowest BCUT2D eigenvalue weighted by Gasteiger charge is -2.01. The van der Waals surface area contributed by atoms with Crippen LogP contribution in [0.5, 0.6) is 5.75 Å². The van der Waals surface area contributed by atoms with Crippen LogP contribution in [0.1, 0.15) is 16.2 Å². The molecule has 120 valence electrons. The highest BCUT2D eigenvalue weighted by atomic mass is 32.1. The first-order valence-corrected chi connectivity index (χ1v) is 8.16. The molecule has 2 N–H and O–H groups in total. The van der Waals surface area contributed by atoms with Gasteiger partial charge in [0.05, 0.1) is 28.4 Å². The highest BCUT2D eigenvalue weighted by Gasteiger charge is 2.12. The number of fused-ring (bicyclic) bond motifs is 2. The van der Waals surface area contributed by atoms with Gasteiger partial charge in [-0.3, -0.25) is 10.1 Å². The molecular formula is C17H14N4O2S. The lowest BCUT2D eigenvalue weighted by molar-refractivity contribution is 0.102. The van der Waals surface area contributed by atoms with Crippen molar-refractivity contribution in [3.8, 4) is 5.75 Å². The number of nitrogens with zero attached hydrogens (tertiary/aromatic N) is 2. The van der Waals surface area contributed by atoms with Crippen molar-refractivity contribution in [3.63, 3.8) is 0 Å². The third kappa shape index (κ3) is 2.59. The molecule has 0 radical (unpaired) electrons. The Bertz CT molecular complexity index is 1070. The summed E-state index contributed by atoms with van der Waals surface area (Å²) < 4.78 is 6.17. The molecule has 0 aliphatic heterocycles. The largest absolute Gasteiger partial charge is 0.497 e. The number of H-pyrrole nitrogens is 1. The maximum atomic E-state index is 12.5. The van der Waals surface area contributed by atoms with Gasteiger partial charge in [-0.15, -0.1) is 0 Å². The molecule has 6 nitrogen and oxygen atoms in total. The first kappa shape index (κ1) is 14.6. The number of anilines is 1. The van der Waals surface area contributed by atoms with E-state index in [1.165, 1.54) is 11.3 Å². The van der Waals surface area contributed by atoms with E-state index in [2.05, 4.69) is 20.3 Å². The van der Waals surface area contributed by atoms with Gasteiger partial charge < -0.3 is 9.72 Å². The number of nitrogens with one attached hydrogen (secondary N) is 2. The Morgan fingerprint density at radius 2 is 2.00 bits per heavy atom. The number of carbonyl (C=O) groups excluding carboxylic acids is 1. The van der Waals surface area contributed by atoms with Crippen LogP contribution < -0.4 is 10.1 Å². The molecule has 4 rings (SSSR count). The zero-order valence-corrected chi connectivity index (χ0v) is 13.9. The van der Waals surface area contributed by atoms with Gasteiger partial charge in [0, 0.05) is 5.56 Å². The van der Waals surface area contributed by atoms with Crippen LogP contribution in [-0.2, 0) is 0 Å². The second-order valence-electron chi connectivity index (χ2n) is 5.36. The summed E-state index contributed by atoms with van der Waals surface area (Å²) in [5, 5.41) is 3.41. The number of methoxy groups -OCH3 is 1. The molecule has 2 heterocycles. The van der Waals surface area contributed by atoms with E-state index < -0.39 is 0 Å². The van der Waals surface area contributed by atoms with Gasteiger partial charge in [-0.1, -0.05) is 11.3 Å². The Hall–Kier alpha value is -2.93. The first-order valence-electron chi connectivity index (χ1n) is 7.35. The smallest absolute Gasteiger partial charge is 0.257 e.